The molecule has 1 heterocycles. The number of benzene rings is 1. The van der Waals surface area contributed by atoms with Crippen molar-refractivity contribution in [3.05, 3.63) is 57.7 Å². The lowest BCUT2D eigenvalue weighted by Gasteiger charge is -2.33. The third-order valence-corrected chi connectivity index (χ3v) is 4.05. The minimum Gasteiger partial charge on any atom is -0.465 e. The predicted octanol–water partition coefficient (Wildman–Crippen LogP) is 3.38. The summed E-state index contributed by atoms with van der Waals surface area (Å²) in [4.78, 5) is 12.3. The maximum Gasteiger partial charge on any atom is 0.315 e. The second-order valence-corrected chi connectivity index (χ2v) is 5.67. The van der Waals surface area contributed by atoms with Crippen molar-refractivity contribution in [3.63, 3.8) is 0 Å². The van der Waals surface area contributed by atoms with Gasteiger partial charge in [-0.15, -0.1) is 12.6 Å². The number of allylic oxidation sites excluding steroid dienone is 1. The van der Waals surface area contributed by atoms with Crippen molar-refractivity contribution in [2.24, 2.45) is 5.92 Å². The van der Waals surface area contributed by atoms with Gasteiger partial charge in [-0.2, -0.15) is 5.26 Å². The fourth-order valence-electron chi connectivity index (χ4n) is 2.47. The van der Waals surface area contributed by atoms with Crippen molar-refractivity contribution in [2.75, 3.05) is 6.61 Å². The number of carbonyl (C=O) groups is 1. The largest absolute Gasteiger partial charge is 0.465 e. The Morgan fingerprint density at radius 1 is 1.50 bits per heavy atom. The van der Waals surface area contributed by atoms with E-state index in [0.29, 0.717) is 21.3 Å². The zero-order chi connectivity index (χ0) is 16.3. The van der Waals surface area contributed by atoms with Crippen molar-refractivity contribution in [1.82, 2.24) is 5.32 Å². The first-order valence-electron chi connectivity index (χ1n) is 6.70. The number of rotatable bonds is 3. The second-order valence-electron chi connectivity index (χ2n) is 4.78. The van der Waals surface area contributed by atoms with Crippen LogP contribution in [0.15, 0.2) is 47.1 Å². The molecular weight excluding hydrogens is 320 g/mol. The van der Waals surface area contributed by atoms with Gasteiger partial charge >= 0.3 is 5.97 Å². The lowest BCUT2D eigenvalue weighted by molar-refractivity contribution is -0.147. The molecule has 6 heteroatoms. The first-order valence-corrected chi connectivity index (χ1v) is 7.53. The second kappa shape index (κ2) is 6.91. The van der Waals surface area contributed by atoms with E-state index in [2.05, 4.69) is 30.6 Å². The zero-order valence-electron chi connectivity index (χ0n) is 12.0. The van der Waals surface area contributed by atoms with Crippen LogP contribution in [0.25, 0.3) is 0 Å². The molecule has 2 unspecified atom stereocenters. The van der Waals surface area contributed by atoms with E-state index < -0.39 is 17.8 Å². The molecule has 0 radical (unpaired) electrons. The maximum atomic E-state index is 12.3. The molecule has 0 spiro atoms. The average Bonchev–Trinajstić information content (AvgIpc) is 2.47. The Hall–Kier alpha value is -1.90. The van der Waals surface area contributed by atoms with Gasteiger partial charge in [0.25, 0.3) is 0 Å². The molecule has 1 aliphatic rings. The van der Waals surface area contributed by atoms with E-state index in [-0.39, 0.29) is 6.61 Å². The molecule has 0 saturated carbocycles. The van der Waals surface area contributed by atoms with Crippen LogP contribution in [0.1, 0.15) is 18.4 Å². The van der Waals surface area contributed by atoms with E-state index in [1.54, 1.807) is 31.2 Å². The first-order chi connectivity index (χ1) is 10.5. The van der Waals surface area contributed by atoms with Crippen molar-refractivity contribution >= 4 is 30.2 Å². The van der Waals surface area contributed by atoms with Crippen LogP contribution in [0.5, 0.6) is 0 Å². The summed E-state index contributed by atoms with van der Waals surface area (Å²) in [6.45, 7) is 5.88. The number of esters is 1. The molecule has 0 aromatic heterocycles. The van der Waals surface area contributed by atoms with Crippen molar-refractivity contribution < 1.29 is 9.53 Å². The Morgan fingerprint density at radius 3 is 2.68 bits per heavy atom. The van der Waals surface area contributed by atoms with Crippen LogP contribution in [0.4, 0.5) is 0 Å². The van der Waals surface area contributed by atoms with Crippen LogP contribution >= 0.6 is 24.2 Å². The van der Waals surface area contributed by atoms with Crippen LogP contribution in [-0.4, -0.2) is 12.6 Å². The minimum absolute atomic E-state index is 0.259. The van der Waals surface area contributed by atoms with Gasteiger partial charge in [-0.1, -0.05) is 30.3 Å². The zero-order valence-corrected chi connectivity index (χ0v) is 13.6. The topological polar surface area (TPSA) is 62.1 Å². The number of halogens is 1. The van der Waals surface area contributed by atoms with Gasteiger partial charge in [0.15, 0.2) is 0 Å². The van der Waals surface area contributed by atoms with Crippen LogP contribution < -0.4 is 5.32 Å². The average molecular weight is 335 g/mol. The van der Waals surface area contributed by atoms with Crippen LogP contribution in [-0.2, 0) is 9.53 Å². The Bertz CT molecular complexity index is 676. The lowest BCUT2D eigenvalue weighted by Crippen LogP contribution is -2.36. The fraction of sp³-hybridized carbons (Fsp3) is 0.250. The molecule has 1 aromatic rings. The Kier molecular flexibility index (Phi) is 5.17. The van der Waals surface area contributed by atoms with Gasteiger partial charge in [0.2, 0.25) is 0 Å². The molecule has 2 rings (SSSR count). The predicted molar refractivity (Wildman–Crippen MR) is 88.2 cm³/mol. The van der Waals surface area contributed by atoms with Gasteiger partial charge in [0, 0.05) is 16.6 Å². The van der Waals surface area contributed by atoms with Crippen molar-refractivity contribution in [2.45, 2.75) is 12.8 Å². The smallest absolute Gasteiger partial charge is 0.315 e. The molecule has 2 atom stereocenters. The summed E-state index contributed by atoms with van der Waals surface area (Å²) in [5.74, 6) is -1.61. The number of thiol groups is 1. The van der Waals surface area contributed by atoms with E-state index >= 15 is 0 Å². The molecule has 0 saturated heterocycles. The Labute approximate surface area is 139 Å². The third kappa shape index (κ3) is 3.13. The van der Waals surface area contributed by atoms with Crippen LogP contribution in [0, 0.1) is 17.2 Å². The number of ether oxygens (including phenoxy) is 1. The normalized spacial score (nSPS) is 21.1. The van der Waals surface area contributed by atoms with Gasteiger partial charge in [0.1, 0.15) is 5.92 Å². The summed E-state index contributed by atoms with van der Waals surface area (Å²) >= 11 is 10.2. The third-order valence-electron chi connectivity index (χ3n) is 3.44. The number of hydrogen-bond donors (Lipinski definition) is 2. The first kappa shape index (κ1) is 16.5. The summed E-state index contributed by atoms with van der Waals surface area (Å²) in [6.07, 6.45) is 0. The molecule has 1 aromatic carbocycles. The lowest BCUT2D eigenvalue weighted by atomic mass is 9.77. The molecule has 1 aliphatic heterocycles. The highest BCUT2D eigenvalue weighted by Crippen LogP contribution is 2.41. The molecule has 114 valence electrons. The van der Waals surface area contributed by atoms with Crippen LogP contribution in [0.2, 0.25) is 5.02 Å². The van der Waals surface area contributed by atoms with Gasteiger partial charge < -0.3 is 10.1 Å². The monoisotopic (exact) mass is 334 g/mol. The summed E-state index contributed by atoms with van der Waals surface area (Å²) in [7, 11) is 0. The maximum absolute atomic E-state index is 12.3. The molecular formula is C16H15ClN2O2S. The summed E-state index contributed by atoms with van der Waals surface area (Å²) in [5.41, 5.74) is 1.62. The summed E-state index contributed by atoms with van der Waals surface area (Å²) in [6, 6.07) is 9.14. The van der Waals surface area contributed by atoms with Crippen molar-refractivity contribution in [1.29, 1.82) is 5.26 Å². The quantitative estimate of drug-likeness (QED) is 0.657. The van der Waals surface area contributed by atoms with Gasteiger partial charge in [-0.05, 0) is 24.6 Å². The van der Waals surface area contributed by atoms with Crippen molar-refractivity contribution in [3.8, 4) is 6.07 Å². The number of nitrogens with one attached hydrogen (secondary N) is 1. The Morgan fingerprint density at radius 2 is 2.14 bits per heavy atom. The fourth-order valence-corrected chi connectivity index (χ4v) is 2.93. The van der Waals surface area contributed by atoms with Gasteiger partial charge in [-0.25, -0.2) is 0 Å². The number of carbonyl (C=O) groups excluding carboxylic acids is 1. The molecule has 1 N–H and O–H groups in total. The number of hydrogen-bond acceptors (Lipinski definition) is 5. The van der Waals surface area contributed by atoms with Gasteiger partial charge in [0.05, 0.1) is 23.3 Å². The van der Waals surface area contributed by atoms with E-state index in [0.717, 1.165) is 5.56 Å². The number of nitriles is 1. The Balaban J connectivity index is 2.55. The van der Waals surface area contributed by atoms with E-state index in [1.165, 1.54) is 0 Å². The van der Waals surface area contributed by atoms with Gasteiger partial charge in [-0.3, -0.25) is 4.79 Å². The van der Waals surface area contributed by atoms with E-state index in [4.69, 9.17) is 16.3 Å². The number of nitrogens with zero attached hydrogens (tertiary/aromatic N) is 1. The van der Waals surface area contributed by atoms with Crippen LogP contribution in [0.3, 0.4) is 0 Å². The molecule has 0 amide bonds. The molecule has 4 nitrogen and oxygen atoms in total. The highest BCUT2D eigenvalue weighted by molar-refractivity contribution is 7.84. The molecule has 0 bridgehead atoms. The van der Waals surface area contributed by atoms with E-state index in [1.807, 2.05) is 0 Å². The highest BCUT2D eigenvalue weighted by Gasteiger charge is 2.40. The minimum atomic E-state index is -0.688. The molecule has 0 aliphatic carbocycles. The summed E-state index contributed by atoms with van der Waals surface area (Å²) in [5, 5.41) is 13.3. The van der Waals surface area contributed by atoms with E-state index in [9.17, 15) is 10.1 Å². The molecule has 22 heavy (non-hydrogen) atoms. The SMILES string of the molecule is C=C1NC(S)=C(C#N)C(c2ccc(Cl)cc2)C1C(=O)OCC. The summed E-state index contributed by atoms with van der Waals surface area (Å²) < 4.78 is 5.13. The highest BCUT2D eigenvalue weighted by atomic mass is 35.5. The molecule has 0 fully saturated rings. The standard InChI is InChI=1S/C16H15ClN2O2S/c1-3-21-16(20)13-9(2)19-15(22)12(8-18)14(13)10-4-6-11(17)7-5-10/h4-7,13-14,19,22H,2-3H2,1H3.